The third-order valence-corrected chi connectivity index (χ3v) is 6.07. The van der Waals surface area contributed by atoms with E-state index in [4.69, 9.17) is 33.0 Å². The Balaban J connectivity index is 0.000000195. The van der Waals surface area contributed by atoms with Gasteiger partial charge in [0.15, 0.2) is 0 Å². The molecule has 0 aromatic heterocycles. The summed E-state index contributed by atoms with van der Waals surface area (Å²) in [7, 11) is 0. The quantitative estimate of drug-likeness (QED) is 0.370. The average molecular weight is 528 g/mol. The maximum absolute atomic E-state index is 9.74. The smallest absolute Gasteiger partial charge is 0.106 e. The highest BCUT2D eigenvalue weighted by Crippen LogP contribution is 2.33. The first-order valence-electron chi connectivity index (χ1n) is 7.93. The molecule has 1 aliphatic rings. The molecular formula is C18H19Br2Cl2NO3. The molecule has 0 aliphatic carbocycles. The van der Waals surface area contributed by atoms with E-state index < -0.39 is 6.10 Å². The summed E-state index contributed by atoms with van der Waals surface area (Å²) in [6.07, 6.45) is -0.317. The van der Waals surface area contributed by atoms with Gasteiger partial charge in [0.1, 0.15) is 6.10 Å². The number of hydrogen-bond donors (Lipinski definition) is 3. The molecule has 2 aromatic rings. The SMILES string of the molecule is Clc1cc(C2CO2)ccc1Br.OCCNCC(O)c1ccc(Br)c(Cl)c1. The fraction of sp³-hybridized carbons (Fsp3) is 0.333. The van der Waals surface area contributed by atoms with Crippen molar-refractivity contribution in [1.82, 2.24) is 5.32 Å². The van der Waals surface area contributed by atoms with Gasteiger partial charge in [-0.1, -0.05) is 35.3 Å². The molecule has 1 fully saturated rings. The van der Waals surface area contributed by atoms with Crippen LogP contribution in [-0.2, 0) is 4.74 Å². The minimum atomic E-state index is -0.609. The Morgan fingerprint density at radius 1 is 1.12 bits per heavy atom. The van der Waals surface area contributed by atoms with Gasteiger partial charge in [-0.05, 0) is 67.3 Å². The predicted octanol–water partition coefficient (Wildman–Crippen LogP) is 4.89. The third-order valence-electron chi connectivity index (χ3n) is 3.60. The van der Waals surface area contributed by atoms with Gasteiger partial charge in [-0.25, -0.2) is 0 Å². The number of hydrogen-bond acceptors (Lipinski definition) is 4. The third kappa shape index (κ3) is 7.09. The highest BCUT2D eigenvalue weighted by Gasteiger charge is 2.24. The zero-order valence-electron chi connectivity index (χ0n) is 13.8. The molecule has 3 N–H and O–H groups in total. The summed E-state index contributed by atoms with van der Waals surface area (Å²) in [5.74, 6) is 0. The lowest BCUT2D eigenvalue weighted by atomic mass is 10.1. The highest BCUT2D eigenvalue weighted by atomic mass is 79.9. The van der Waals surface area contributed by atoms with E-state index in [2.05, 4.69) is 37.2 Å². The van der Waals surface area contributed by atoms with E-state index in [1.807, 2.05) is 18.2 Å². The average Bonchev–Trinajstić information content (AvgIpc) is 3.45. The number of halogens is 4. The van der Waals surface area contributed by atoms with E-state index in [0.717, 1.165) is 26.1 Å². The molecule has 0 spiro atoms. The number of aliphatic hydroxyl groups is 2. The van der Waals surface area contributed by atoms with Crippen molar-refractivity contribution < 1.29 is 14.9 Å². The second-order valence-corrected chi connectivity index (χ2v) is 8.14. The lowest BCUT2D eigenvalue weighted by Gasteiger charge is -2.12. The van der Waals surface area contributed by atoms with Gasteiger partial charge in [0, 0.05) is 22.0 Å². The monoisotopic (exact) mass is 525 g/mol. The van der Waals surface area contributed by atoms with Gasteiger partial charge in [0.25, 0.3) is 0 Å². The number of epoxide rings is 1. The summed E-state index contributed by atoms with van der Waals surface area (Å²) in [6, 6.07) is 11.2. The lowest BCUT2D eigenvalue weighted by molar-refractivity contribution is 0.171. The Hall–Kier alpha value is -0.180. The van der Waals surface area contributed by atoms with Crippen LogP contribution in [0.4, 0.5) is 0 Å². The molecule has 8 heteroatoms. The zero-order valence-corrected chi connectivity index (χ0v) is 18.4. The lowest BCUT2D eigenvalue weighted by Crippen LogP contribution is -2.24. The fourth-order valence-corrected chi connectivity index (χ4v) is 2.98. The molecule has 0 amide bonds. The van der Waals surface area contributed by atoms with Crippen LogP contribution in [0, 0.1) is 0 Å². The molecule has 26 heavy (non-hydrogen) atoms. The summed E-state index contributed by atoms with van der Waals surface area (Å²) < 4.78 is 6.86. The van der Waals surface area contributed by atoms with Gasteiger partial charge < -0.3 is 20.3 Å². The van der Waals surface area contributed by atoms with Gasteiger partial charge in [-0.2, -0.15) is 0 Å². The summed E-state index contributed by atoms with van der Waals surface area (Å²) in [5.41, 5.74) is 1.92. The van der Waals surface area contributed by atoms with E-state index >= 15 is 0 Å². The molecule has 2 aromatic carbocycles. The standard InChI is InChI=1S/C10H13BrClNO2.C8H6BrClO/c11-8-2-1-7(5-9(8)12)10(15)6-13-3-4-14;9-6-2-1-5(3-7(6)10)8-4-11-8/h1-2,5,10,13-15H,3-4,6H2;1-3,8H,4H2. The Bertz CT molecular complexity index is 730. The van der Waals surface area contributed by atoms with Crippen LogP contribution >= 0.6 is 55.1 Å². The zero-order chi connectivity index (χ0) is 19.1. The van der Waals surface area contributed by atoms with E-state index in [0.29, 0.717) is 24.2 Å². The first-order chi connectivity index (χ1) is 12.4. The number of nitrogens with one attached hydrogen (secondary N) is 1. The summed E-state index contributed by atoms with van der Waals surface area (Å²) in [4.78, 5) is 0. The van der Waals surface area contributed by atoms with Gasteiger partial charge in [0.2, 0.25) is 0 Å². The Kier molecular flexibility index (Phi) is 9.33. The van der Waals surface area contributed by atoms with Gasteiger partial charge in [0.05, 0.1) is 29.4 Å². The molecule has 142 valence electrons. The van der Waals surface area contributed by atoms with Gasteiger partial charge in [-0.3, -0.25) is 0 Å². The van der Waals surface area contributed by atoms with Crippen LogP contribution in [0.25, 0.3) is 0 Å². The molecule has 1 saturated heterocycles. The molecule has 0 radical (unpaired) electrons. The topological polar surface area (TPSA) is 65.0 Å². The second kappa shape index (κ2) is 11.0. The van der Waals surface area contributed by atoms with Crippen molar-refractivity contribution in [3.63, 3.8) is 0 Å². The largest absolute Gasteiger partial charge is 0.395 e. The van der Waals surface area contributed by atoms with Crippen LogP contribution in [0.5, 0.6) is 0 Å². The number of aliphatic hydroxyl groups excluding tert-OH is 2. The van der Waals surface area contributed by atoms with E-state index in [-0.39, 0.29) is 6.61 Å². The van der Waals surface area contributed by atoms with E-state index in [1.54, 1.807) is 18.2 Å². The number of benzene rings is 2. The van der Waals surface area contributed by atoms with Crippen LogP contribution in [0.2, 0.25) is 10.0 Å². The van der Waals surface area contributed by atoms with Crippen molar-refractivity contribution >= 4 is 55.1 Å². The van der Waals surface area contributed by atoms with E-state index in [9.17, 15) is 5.11 Å². The van der Waals surface area contributed by atoms with Crippen LogP contribution in [0.15, 0.2) is 45.3 Å². The van der Waals surface area contributed by atoms with Crippen molar-refractivity contribution in [2.45, 2.75) is 12.2 Å². The van der Waals surface area contributed by atoms with Gasteiger partial charge >= 0.3 is 0 Å². The molecule has 1 heterocycles. The molecule has 4 nitrogen and oxygen atoms in total. The molecule has 2 unspecified atom stereocenters. The van der Waals surface area contributed by atoms with Crippen molar-refractivity contribution in [3.8, 4) is 0 Å². The molecular weight excluding hydrogens is 509 g/mol. The molecule has 0 saturated carbocycles. The summed E-state index contributed by atoms with van der Waals surface area (Å²) >= 11 is 18.4. The van der Waals surface area contributed by atoms with Crippen molar-refractivity contribution in [2.75, 3.05) is 26.3 Å². The Morgan fingerprint density at radius 3 is 2.27 bits per heavy atom. The van der Waals surface area contributed by atoms with Crippen molar-refractivity contribution in [1.29, 1.82) is 0 Å². The first kappa shape index (κ1) is 22.1. The summed E-state index contributed by atoms with van der Waals surface area (Å²) in [6.45, 7) is 1.77. The number of rotatable bonds is 6. The Morgan fingerprint density at radius 2 is 1.73 bits per heavy atom. The highest BCUT2D eigenvalue weighted by molar-refractivity contribution is 9.10. The minimum Gasteiger partial charge on any atom is -0.395 e. The molecule has 1 aliphatic heterocycles. The predicted molar refractivity (Wildman–Crippen MR) is 112 cm³/mol. The first-order valence-corrected chi connectivity index (χ1v) is 10.3. The Labute approximate surface area is 179 Å². The van der Waals surface area contributed by atoms with Crippen LogP contribution in [0.1, 0.15) is 23.3 Å². The number of ether oxygens (including phenoxy) is 1. The van der Waals surface area contributed by atoms with Crippen LogP contribution in [-0.4, -0.2) is 36.5 Å². The normalized spacial score (nSPS) is 16.6. The van der Waals surface area contributed by atoms with Crippen LogP contribution < -0.4 is 5.32 Å². The second-order valence-electron chi connectivity index (χ2n) is 5.61. The maximum atomic E-state index is 9.74. The van der Waals surface area contributed by atoms with Gasteiger partial charge in [-0.15, -0.1) is 0 Å². The maximum Gasteiger partial charge on any atom is 0.106 e. The minimum absolute atomic E-state index is 0.0633. The molecule has 0 bridgehead atoms. The fourth-order valence-electron chi connectivity index (χ4n) is 2.11. The van der Waals surface area contributed by atoms with Crippen molar-refractivity contribution in [2.24, 2.45) is 0 Å². The molecule has 2 atom stereocenters. The summed E-state index contributed by atoms with van der Waals surface area (Å²) in [5, 5.41) is 22.5. The molecule has 3 rings (SSSR count). The van der Waals surface area contributed by atoms with Crippen LogP contribution in [0.3, 0.4) is 0 Å². The van der Waals surface area contributed by atoms with E-state index in [1.165, 1.54) is 5.56 Å². The van der Waals surface area contributed by atoms with Crippen molar-refractivity contribution in [3.05, 3.63) is 66.5 Å².